The van der Waals surface area contributed by atoms with Crippen molar-refractivity contribution >= 4 is 5.78 Å². The zero-order valence-electron chi connectivity index (χ0n) is 10.2. The maximum atomic E-state index is 13.0. The summed E-state index contributed by atoms with van der Waals surface area (Å²) >= 11 is 0. The van der Waals surface area contributed by atoms with Crippen LogP contribution in [0.3, 0.4) is 0 Å². The van der Waals surface area contributed by atoms with Gasteiger partial charge in [0, 0.05) is 12.5 Å². The van der Waals surface area contributed by atoms with Crippen molar-refractivity contribution in [2.24, 2.45) is 0 Å². The lowest BCUT2D eigenvalue weighted by Gasteiger charge is -2.12. The Morgan fingerprint density at radius 3 is 2.28 bits per heavy atom. The molecular weight excluding hydrogens is 234 g/mol. The molecule has 0 radical (unpaired) electrons. The first-order valence-corrected chi connectivity index (χ1v) is 6.31. The van der Waals surface area contributed by atoms with Gasteiger partial charge in [-0.25, -0.2) is 8.78 Å². The van der Waals surface area contributed by atoms with E-state index in [9.17, 15) is 13.6 Å². The third-order valence-corrected chi connectivity index (χ3v) is 3.16. The van der Waals surface area contributed by atoms with Crippen molar-refractivity contribution in [2.45, 2.75) is 38.5 Å². The van der Waals surface area contributed by atoms with Crippen LogP contribution in [0.25, 0.3) is 0 Å². The molecule has 96 valence electrons. The lowest BCUT2D eigenvalue weighted by Crippen LogP contribution is -2.03. The minimum Gasteiger partial charge on any atom is -0.294 e. The van der Waals surface area contributed by atoms with E-state index in [-0.39, 0.29) is 12.2 Å². The van der Waals surface area contributed by atoms with E-state index in [4.69, 9.17) is 0 Å². The molecule has 1 aliphatic rings. The zero-order valence-corrected chi connectivity index (χ0v) is 10.2. The van der Waals surface area contributed by atoms with Gasteiger partial charge in [0.05, 0.1) is 0 Å². The number of hydrogen-bond acceptors (Lipinski definition) is 1. The predicted molar refractivity (Wildman–Crippen MR) is 66.2 cm³/mol. The number of halogens is 2. The number of ketones is 1. The van der Waals surface area contributed by atoms with E-state index in [1.54, 1.807) is 6.08 Å². The Bertz CT molecular complexity index is 449. The SMILES string of the molecule is O=C(C=C1CCCCC1)Cc1cc(F)cc(F)c1. The Hall–Kier alpha value is -1.51. The summed E-state index contributed by atoms with van der Waals surface area (Å²) in [6.45, 7) is 0. The molecule has 0 saturated heterocycles. The first-order valence-electron chi connectivity index (χ1n) is 6.31. The minimum absolute atomic E-state index is 0.0676. The summed E-state index contributed by atoms with van der Waals surface area (Å²) in [5.41, 5.74) is 1.56. The third-order valence-electron chi connectivity index (χ3n) is 3.16. The second kappa shape index (κ2) is 5.89. The van der Waals surface area contributed by atoms with Gasteiger partial charge in [-0.1, -0.05) is 12.0 Å². The van der Waals surface area contributed by atoms with Crippen LogP contribution in [0.2, 0.25) is 0 Å². The van der Waals surface area contributed by atoms with Crippen LogP contribution in [0.1, 0.15) is 37.7 Å². The molecule has 0 atom stereocenters. The standard InChI is InChI=1S/C15H16F2O/c16-13-6-12(7-14(17)10-13)9-15(18)8-11-4-2-1-3-5-11/h6-8,10H,1-5,9H2. The fraction of sp³-hybridized carbons (Fsp3) is 0.400. The van der Waals surface area contributed by atoms with Gasteiger partial charge in [0.1, 0.15) is 11.6 Å². The van der Waals surface area contributed by atoms with Crippen molar-refractivity contribution in [1.82, 2.24) is 0 Å². The van der Waals surface area contributed by atoms with Crippen molar-refractivity contribution in [2.75, 3.05) is 0 Å². The monoisotopic (exact) mass is 250 g/mol. The molecule has 1 nitrogen and oxygen atoms in total. The lowest BCUT2D eigenvalue weighted by molar-refractivity contribution is -0.114. The molecule has 0 amide bonds. The predicted octanol–water partition coefficient (Wildman–Crippen LogP) is 3.97. The van der Waals surface area contributed by atoms with E-state index in [1.807, 2.05) is 0 Å². The fourth-order valence-corrected chi connectivity index (χ4v) is 2.34. The molecule has 1 aliphatic carbocycles. The summed E-state index contributed by atoms with van der Waals surface area (Å²) < 4.78 is 25.9. The Morgan fingerprint density at radius 2 is 1.67 bits per heavy atom. The number of carbonyl (C=O) groups excluding carboxylic acids is 1. The van der Waals surface area contributed by atoms with Gasteiger partial charge in [0.15, 0.2) is 5.78 Å². The molecule has 0 heterocycles. The van der Waals surface area contributed by atoms with Crippen LogP contribution in [0.4, 0.5) is 8.78 Å². The second-order valence-electron chi connectivity index (χ2n) is 4.78. The van der Waals surface area contributed by atoms with E-state index in [0.29, 0.717) is 5.56 Å². The van der Waals surface area contributed by atoms with Gasteiger partial charge in [-0.15, -0.1) is 0 Å². The van der Waals surface area contributed by atoms with Crippen LogP contribution in [0.15, 0.2) is 29.8 Å². The average Bonchev–Trinajstić information content (AvgIpc) is 2.28. The molecule has 1 saturated carbocycles. The molecule has 1 aromatic carbocycles. The third kappa shape index (κ3) is 3.76. The molecule has 0 bridgehead atoms. The van der Waals surface area contributed by atoms with E-state index >= 15 is 0 Å². The lowest BCUT2D eigenvalue weighted by atomic mass is 9.93. The quantitative estimate of drug-likeness (QED) is 0.742. The second-order valence-corrected chi connectivity index (χ2v) is 4.78. The topological polar surface area (TPSA) is 17.1 Å². The van der Waals surface area contributed by atoms with E-state index in [2.05, 4.69) is 0 Å². The zero-order chi connectivity index (χ0) is 13.0. The van der Waals surface area contributed by atoms with Crippen LogP contribution in [0, 0.1) is 11.6 Å². The van der Waals surface area contributed by atoms with Gasteiger partial charge >= 0.3 is 0 Å². The van der Waals surface area contributed by atoms with E-state index < -0.39 is 11.6 Å². The number of hydrogen-bond donors (Lipinski definition) is 0. The number of allylic oxidation sites excluding steroid dienone is 2. The summed E-state index contributed by atoms with van der Waals surface area (Å²) in [6, 6.07) is 3.23. The van der Waals surface area contributed by atoms with Crippen LogP contribution in [0.5, 0.6) is 0 Å². The fourth-order valence-electron chi connectivity index (χ4n) is 2.34. The van der Waals surface area contributed by atoms with Gasteiger partial charge in [0.2, 0.25) is 0 Å². The molecule has 18 heavy (non-hydrogen) atoms. The highest BCUT2D eigenvalue weighted by Crippen LogP contribution is 2.22. The highest BCUT2D eigenvalue weighted by Gasteiger charge is 2.09. The molecule has 3 heteroatoms. The Balaban J connectivity index is 2.02. The summed E-state index contributed by atoms with van der Waals surface area (Å²) in [4.78, 5) is 11.8. The first-order chi connectivity index (χ1) is 8.63. The van der Waals surface area contributed by atoms with Crippen molar-refractivity contribution in [3.05, 3.63) is 47.0 Å². The van der Waals surface area contributed by atoms with Crippen LogP contribution >= 0.6 is 0 Å². The average molecular weight is 250 g/mol. The number of rotatable bonds is 3. The van der Waals surface area contributed by atoms with Crippen molar-refractivity contribution in [1.29, 1.82) is 0 Å². The van der Waals surface area contributed by atoms with Gasteiger partial charge in [-0.3, -0.25) is 4.79 Å². The summed E-state index contributed by atoms with van der Waals surface area (Å²) in [6.07, 6.45) is 7.16. The summed E-state index contributed by atoms with van der Waals surface area (Å²) in [7, 11) is 0. The largest absolute Gasteiger partial charge is 0.294 e. The van der Waals surface area contributed by atoms with E-state index in [1.165, 1.54) is 24.1 Å². The molecule has 0 spiro atoms. The van der Waals surface area contributed by atoms with Crippen LogP contribution < -0.4 is 0 Å². The molecule has 0 N–H and O–H groups in total. The van der Waals surface area contributed by atoms with Crippen LogP contribution in [-0.2, 0) is 11.2 Å². The maximum Gasteiger partial charge on any atom is 0.160 e. The first kappa shape index (κ1) is 12.9. The number of benzene rings is 1. The van der Waals surface area contributed by atoms with Crippen LogP contribution in [-0.4, -0.2) is 5.78 Å². The Kier molecular flexibility index (Phi) is 4.24. The minimum atomic E-state index is -0.636. The van der Waals surface area contributed by atoms with E-state index in [0.717, 1.165) is 31.7 Å². The molecule has 0 aliphatic heterocycles. The molecule has 1 fully saturated rings. The van der Waals surface area contributed by atoms with Gasteiger partial charge in [-0.05, 0) is 49.5 Å². The molecule has 2 rings (SSSR count). The maximum absolute atomic E-state index is 13.0. The molecule has 0 aromatic heterocycles. The van der Waals surface area contributed by atoms with Crippen molar-refractivity contribution in [3.8, 4) is 0 Å². The van der Waals surface area contributed by atoms with Gasteiger partial charge in [-0.2, -0.15) is 0 Å². The Labute approximate surface area is 106 Å². The van der Waals surface area contributed by atoms with Crippen molar-refractivity contribution < 1.29 is 13.6 Å². The molecule has 1 aromatic rings. The highest BCUT2D eigenvalue weighted by molar-refractivity contribution is 5.92. The van der Waals surface area contributed by atoms with Crippen molar-refractivity contribution in [3.63, 3.8) is 0 Å². The Morgan fingerprint density at radius 1 is 1.06 bits per heavy atom. The highest BCUT2D eigenvalue weighted by atomic mass is 19.1. The summed E-state index contributed by atoms with van der Waals surface area (Å²) in [5, 5.41) is 0. The smallest absolute Gasteiger partial charge is 0.160 e. The molecular formula is C15H16F2O. The van der Waals surface area contributed by atoms with Gasteiger partial charge < -0.3 is 0 Å². The van der Waals surface area contributed by atoms with Gasteiger partial charge in [0.25, 0.3) is 0 Å². The summed E-state index contributed by atoms with van der Waals surface area (Å²) in [5.74, 6) is -1.34. The molecule has 0 unspecified atom stereocenters. The number of carbonyl (C=O) groups is 1. The normalized spacial score (nSPS) is 15.6.